The van der Waals surface area contributed by atoms with Gasteiger partial charge in [0.25, 0.3) is 5.91 Å². The molecule has 0 spiro atoms. The molecule has 0 aliphatic heterocycles. The summed E-state index contributed by atoms with van der Waals surface area (Å²) < 4.78 is 28.2. The molecule has 0 heterocycles. The minimum absolute atomic E-state index is 0.0384. The highest BCUT2D eigenvalue weighted by atomic mass is 32.2. The third-order valence-electron chi connectivity index (χ3n) is 3.79. The molecule has 0 unspecified atom stereocenters. The maximum atomic E-state index is 12.5. The van der Waals surface area contributed by atoms with Crippen LogP contribution in [0.5, 0.6) is 5.75 Å². The van der Waals surface area contributed by atoms with Crippen molar-refractivity contribution in [2.24, 2.45) is 11.1 Å². The van der Waals surface area contributed by atoms with Gasteiger partial charge in [-0.15, -0.1) is 0 Å². The van der Waals surface area contributed by atoms with Crippen molar-refractivity contribution >= 4 is 15.9 Å². The smallest absolute Gasteiger partial charge is 0.255 e. The van der Waals surface area contributed by atoms with Gasteiger partial charge in [0.15, 0.2) is 0 Å². The van der Waals surface area contributed by atoms with Gasteiger partial charge in [0.1, 0.15) is 5.75 Å². The number of nitrogens with one attached hydrogen (secondary N) is 1. The second-order valence-electron chi connectivity index (χ2n) is 6.40. The summed E-state index contributed by atoms with van der Waals surface area (Å²) >= 11 is 0. The summed E-state index contributed by atoms with van der Waals surface area (Å²) in [4.78, 5) is 12.5. The van der Waals surface area contributed by atoms with Crippen molar-refractivity contribution in [1.29, 1.82) is 0 Å². The Morgan fingerprint density at radius 3 is 2.38 bits per heavy atom. The Labute approximate surface area is 154 Å². The summed E-state index contributed by atoms with van der Waals surface area (Å²) in [6, 6.07) is 13.2. The lowest BCUT2D eigenvalue weighted by Gasteiger charge is -2.12. The van der Waals surface area contributed by atoms with E-state index in [1.165, 1.54) is 12.1 Å². The van der Waals surface area contributed by atoms with Crippen molar-refractivity contribution in [3.05, 3.63) is 59.7 Å². The molecular formula is C19H24N2O4S. The first-order valence-electron chi connectivity index (χ1n) is 8.39. The fourth-order valence-corrected chi connectivity index (χ4v) is 2.77. The Kier molecular flexibility index (Phi) is 6.76. The zero-order valence-corrected chi connectivity index (χ0v) is 15.8. The maximum absolute atomic E-state index is 12.5. The number of hydrogen-bond acceptors (Lipinski definition) is 4. The summed E-state index contributed by atoms with van der Waals surface area (Å²) in [6.45, 7) is 5.05. The number of para-hydroxylation sites is 1. The van der Waals surface area contributed by atoms with Gasteiger partial charge in [-0.05, 0) is 42.2 Å². The topological polar surface area (TPSA) is 98.5 Å². The van der Waals surface area contributed by atoms with E-state index in [2.05, 4.69) is 19.2 Å². The molecule has 2 aromatic carbocycles. The van der Waals surface area contributed by atoms with Crippen molar-refractivity contribution in [2.45, 2.75) is 31.7 Å². The number of amides is 1. The van der Waals surface area contributed by atoms with Crippen molar-refractivity contribution in [1.82, 2.24) is 5.32 Å². The van der Waals surface area contributed by atoms with Crippen molar-refractivity contribution < 1.29 is 17.9 Å². The average molecular weight is 376 g/mol. The lowest BCUT2D eigenvalue weighted by Crippen LogP contribution is -2.23. The monoisotopic (exact) mass is 376 g/mol. The van der Waals surface area contributed by atoms with E-state index in [1.54, 1.807) is 30.3 Å². The first-order chi connectivity index (χ1) is 12.3. The lowest BCUT2D eigenvalue weighted by molar-refractivity contribution is 0.0946. The summed E-state index contributed by atoms with van der Waals surface area (Å²) in [5.41, 5.74) is 1.24. The predicted octanol–water partition coefficient (Wildman–Crippen LogP) is 2.69. The van der Waals surface area contributed by atoms with Crippen LogP contribution in [-0.2, 0) is 16.6 Å². The number of ether oxygens (including phenoxy) is 1. The van der Waals surface area contributed by atoms with E-state index < -0.39 is 10.0 Å². The van der Waals surface area contributed by atoms with Gasteiger partial charge in [-0.2, -0.15) is 0 Å². The molecule has 0 saturated heterocycles. The number of carbonyl (C=O) groups is 1. The molecule has 0 atom stereocenters. The quantitative estimate of drug-likeness (QED) is 0.740. The molecule has 0 aliphatic carbocycles. The van der Waals surface area contributed by atoms with Crippen LogP contribution < -0.4 is 15.2 Å². The molecule has 140 valence electrons. The Bertz CT molecular complexity index is 846. The van der Waals surface area contributed by atoms with Crippen LogP contribution in [-0.4, -0.2) is 20.9 Å². The van der Waals surface area contributed by atoms with Gasteiger partial charge < -0.3 is 10.1 Å². The number of hydrogen-bond donors (Lipinski definition) is 2. The number of sulfonamides is 1. The number of nitrogens with two attached hydrogens (primary N) is 1. The van der Waals surface area contributed by atoms with Gasteiger partial charge >= 0.3 is 0 Å². The molecule has 0 saturated carbocycles. The molecule has 3 N–H and O–H groups in total. The van der Waals surface area contributed by atoms with Crippen LogP contribution >= 0.6 is 0 Å². The van der Waals surface area contributed by atoms with E-state index in [1.807, 2.05) is 6.07 Å². The maximum Gasteiger partial charge on any atom is 0.255 e. The van der Waals surface area contributed by atoms with E-state index in [-0.39, 0.29) is 17.3 Å². The van der Waals surface area contributed by atoms with E-state index >= 15 is 0 Å². The van der Waals surface area contributed by atoms with Crippen molar-refractivity contribution in [2.75, 3.05) is 6.61 Å². The van der Waals surface area contributed by atoms with Crippen LogP contribution in [0.2, 0.25) is 0 Å². The number of primary sulfonamides is 1. The molecule has 0 aromatic heterocycles. The molecule has 0 radical (unpaired) electrons. The third-order valence-corrected chi connectivity index (χ3v) is 4.72. The zero-order valence-electron chi connectivity index (χ0n) is 14.9. The lowest BCUT2D eigenvalue weighted by atomic mass is 10.1. The molecule has 0 aliphatic rings. The van der Waals surface area contributed by atoms with Gasteiger partial charge in [-0.25, -0.2) is 13.6 Å². The van der Waals surface area contributed by atoms with E-state index in [9.17, 15) is 13.2 Å². The molecule has 7 heteroatoms. The molecule has 0 fully saturated rings. The Balaban J connectivity index is 1.99. The van der Waals surface area contributed by atoms with Crippen LogP contribution in [0.15, 0.2) is 53.4 Å². The number of benzene rings is 2. The molecule has 2 rings (SSSR count). The highest BCUT2D eigenvalue weighted by molar-refractivity contribution is 7.89. The molecular weight excluding hydrogens is 352 g/mol. The van der Waals surface area contributed by atoms with Gasteiger partial charge in [-0.1, -0.05) is 38.1 Å². The van der Waals surface area contributed by atoms with Gasteiger partial charge in [0, 0.05) is 6.54 Å². The highest BCUT2D eigenvalue weighted by Crippen LogP contribution is 2.19. The Morgan fingerprint density at radius 2 is 1.77 bits per heavy atom. The fourth-order valence-electron chi connectivity index (χ4n) is 2.26. The van der Waals surface area contributed by atoms with Crippen LogP contribution in [0.25, 0.3) is 0 Å². The van der Waals surface area contributed by atoms with Crippen LogP contribution in [0, 0.1) is 5.92 Å². The van der Waals surface area contributed by atoms with E-state index in [4.69, 9.17) is 9.88 Å². The van der Waals surface area contributed by atoms with E-state index in [0.29, 0.717) is 23.8 Å². The summed E-state index contributed by atoms with van der Waals surface area (Å²) in [5, 5.41) is 7.88. The van der Waals surface area contributed by atoms with Crippen molar-refractivity contribution in [3.63, 3.8) is 0 Å². The van der Waals surface area contributed by atoms with Crippen molar-refractivity contribution in [3.8, 4) is 5.75 Å². The second-order valence-corrected chi connectivity index (χ2v) is 7.96. The Hall–Kier alpha value is -2.38. The van der Waals surface area contributed by atoms with Gasteiger partial charge in [0.05, 0.1) is 17.1 Å². The summed E-state index contributed by atoms with van der Waals surface area (Å²) in [7, 11) is -3.72. The highest BCUT2D eigenvalue weighted by Gasteiger charge is 2.12. The first-order valence-corrected chi connectivity index (χ1v) is 9.94. The first kappa shape index (κ1) is 19.9. The number of carbonyl (C=O) groups excluding carboxylic acids is 1. The largest absolute Gasteiger partial charge is 0.493 e. The van der Waals surface area contributed by atoms with Crippen LogP contribution in [0.4, 0.5) is 0 Å². The van der Waals surface area contributed by atoms with Gasteiger partial charge in [-0.3, -0.25) is 4.79 Å². The molecule has 2 aromatic rings. The predicted molar refractivity (Wildman–Crippen MR) is 100 cm³/mol. The molecule has 0 bridgehead atoms. The third kappa shape index (κ3) is 5.86. The molecule has 1 amide bonds. The average Bonchev–Trinajstić information content (AvgIpc) is 2.59. The molecule has 26 heavy (non-hydrogen) atoms. The molecule has 6 nitrogen and oxygen atoms in total. The minimum Gasteiger partial charge on any atom is -0.493 e. The van der Waals surface area contributed by atoms with E-state index in [0.717, 1.165) is 12.0 Å². The van der Waals surface area contributed by atoms with Crippen LogP contribution in [0.3, 0.4) is 0 Å². The summed E-state index contributed by atoms with van der Waals surface area (Å²) in [6.07, 6.45) is 0.909. The van der Waals surface area contributed by atoms with Crippen LogP contribution in [0.1, 0.15) is 36.2 Å². The Morgan fingerprint density at radius 1 is 1.12 bits per heavy atom. The zero-order chi connectivity index (χ0) is 19.2. The number of rotatable bonds is 8. The second kappa shape index (κ2) is 8.82. The SMILES string of the molecule is CC(C)CCOc1ccccc1C(=O)NCc1ccc(S(N)(=O)=O)cc1. The van der Waals surface area contributed by atoms with Gasteiger partial charge in [0.2, 0.25) is 10.0 Å². The minimum atomic E-state index is -3.72. The normalized spacial score (nSPS) is 11.4. The fraction of sp³-hybridized carbons (Fsp3) is 0.316. The summed E-state index contributed by atoms with van der Waals surface area (Å²) in [5.74, 6) is 0.826. The standard InChI is InChI=1S/C19H24N2O4S/c1-14(2)11-12-25-18-6-4-3-5-17(18)19(22)21-13-15-7-9-16(10-8-15)26(20,23)24/h3-10,14H,11-13H2,1-2H3,(H,21,22)(H2,20,23,24).